The molecule has 0 aromatic carbocycles. The zero-order valence-corrected chi connectivity index (χ0v) is 13.8. The lowest BCUT2D eigenvalue weighted by atomic mass is 10.2. The van der Waals surface area contributed by atoms with Crippen LogP contribution in [0.15, 0.2) is 4.99 Å². The lowest BCUT2D eigenvalue weighted by Crippen LogP contribution is -2.48. The number of rotatable bonds is 6. The SMILES string of the molecule is CCN(CC)C(C)CNC(=NC)NC1CCS(=O)(=O)C1. The quantitative estimate of drug-likeness (QED) is 0.536. The summed E-state index contributed by atoms with van der Waals surface area (Å²) in [6.45, 7) is 9.31. The Morgan fingerprint density at radius 3 is 2.50 bits per heavy atom. The summed E-state index contributed by atoms with van der Waals surface area (Å²) in [5, 5.41) is 6.47. The van der Waals surface area contributed by atoms with Crippen LogP contribution in [0.4, 0.5) is 0 Å². The standard InChI is InChI=1S/C13H28N4O2S/c1-5-17(6-2)11(3)9-15-13(14-4)16-12-7-8-20(18,19)10-12/h11-12H,5-10H2,1-4H3,(H2,14,15,16). The van der Waals surface area contributed by atoms with Gasteiger partial charge in [0, 0.05) is 25.7 Å². The number of nitrogens with zero attached hydrogens (tertiary/aromatic N) is 2. The van der Waals surface area contributed by atoms with Crippen LogP contribution in [0.5, 0.6) is 0 Å². The van der Waals surface area contributed by atoms with Gasteiger partial charge in [0.25, 0.3) is 0 Å². The first-order valence-corrected chi connectivity index (χ1v) is 9.15. The lowest BCUT2D eigenvalue weighted by molar-refractivity contribution is 0.231. The number of aliphatic imine (C=N–C) groups is 1. The number of hydrogen-bond acceptors (Lipinski definition) is 4. The summed E-state index contributed by atoms with van der Waals surface area (Å²) in [6.07, 6.45) is 0.661. The minimum atomic E-state index is -2.86. The van der Waals surface area contributed by atoms with Crippen molar-refractivity contribution in [2.24, 2.45) is 4.99 Å². The molecule has 1 saturated heterocycles. The largest absolute Gasteiger partial charge is 0.355 e. The molecule has 1 aliphatic rings. The van der Waals surface area contributed by atoms with Crippen LogP contribution in [0.2, 0.25) is 0 Å². The maximum absolute atomic E-state index is 11.4. The Kier molecular flexibility index (Phi) is 6.75. The van der Waals surface area contributed by atoms with Crippen molar-refractivity contribution in [3.8, 4) is 0 Å². The Hall–Kier alpha value is -0.820. The van der Waals surface area contributed by atoms with Crippen LogP contribution < -0.4 is 10.6 Å². The van der Waals surface area contributed by atoms with Crippen molar-refractivity contribution in [1.29, 1.82) is 0 Å². The molecule has 1 fully saturated rings. The molecule has 2 atom stereocenters. The molecule has 0 radical (unpaired) electrons. The average Bonchev–Trinajstić information content (AvgIpc) is 2.75. The summed E-state index contributed by atoms with van der Waals surface area (Å²) in [6, 6.07) is 0.394. The number of guanidine groups is 1. The van der Waals surface area contributed by atoms with E-state index in [9.17, 15) is 8.42 Å². The minimum absolute atomic E-state index is 0.0186. The van der Waals surface area contributed by atoms with Crippen molar-refractivity contribution in [3.05, 3.63) is 0 Å². The molecule has 1 rings (SSSR count). The molecule has 1 heterocycles. The summed E-state index contributed by atoms with van der Waals surface area (Å²) in [7, 11) is -1.15. The van der Waals surface area contributed by atoms with E-state index in [4.69, 9.17) is 0 Å². The van der Waals surface area contributed by atoms with E-state index >= 15 is 0 Å². The minimum Gasteiger partial charge on any atom is -0.355 e. The normalized spacial score (nSPS) is 23.9. The molecule has 0 bridgehead atoms. The van der Waals surface area contributed by atoms with E-state index < -0.39 is 9.84 Å². The second-order valence-corrected chi connectivity index (χ2v) is 7.50. The highest BCUT2D eigenvalue weighted by molar-refractivity contribution is 7.91. The Labute approximate surface area is 122 Å². The first-order valence-electron chi connectivity index (χ1n) is 7.33. The molecule has 118 valence electrons. The third-order valence-corrected chi connectivity index (χ3v) is 5.57. The second kappa shape index (κ2) is 7.83. The van der Waals surface area contributed by atoms with Crippen LogP contribution in [-0.4, -0.2) is 69.5 Å². The molecule has 7 heteroatoms. The molecule has 6 nitrogen and oxygen atoms in total. The van der Waals surface area contributed by atoms with Gasteiger partial charge in [-0.2, -0.15) is 0 Å². The highest BCUT2D eigenvalue weighted by atomic mass is 32.2. The molecule has 2 N–H and O–H groups in total. The molecule has 20 heavy (non-hydrogen) atoms. The zero-order chi connectivity index (χ0) is 15.2. The lowest BCUT2D eigenvalue weighted by Gasteiger charge is -2.27. The Morgan fingerprint density at radius 2 is 2.05 bits per heavy atom. The zero-order valence-electron chi connectivity index (χ0n) is 13.0. The molecule has 0 aromatic heterocycles. The summed E-state index contributed by atoms with van der Waals surface area (Å²) >= 11 is 0. The van der Waals surface area contributed by atoms with Crippen LogP contribution >= 0.6 is 0 Å². The van der Waals surface area contributed by atoms with Gasteiger partial charge >= 0.3 is 0 Å². The summed E-state index contributed by atoms with van der Waals surface area (Å²) < 4.78 is 22.9. The number of nitrogens with one attached hydrogen (secondary N) is 2. The summed E-state index contributed by atoms with van der Waals surface area (Å²) in [5.74, 6) is 1.17. The molecule has 0 aromatic rings. The summed E-state index contributed by atoms with van der Waals surface area (Å²) in [5.41, 5.74) is 0. The van der Waals surface area contributed by atoms with Crippen LogP contribution in [-0.2, 0) is 9.84 Å². The van der Waals surface area contributed by atoms with Crippen LogP contribution in [0.1, 0.15) is 27.2 Å². The van der Waals surface area contributed by atoms with E-state index in [1.807, 2.05) is 0 Å². The van der Waals surface area contributed by atoms with Gasteiger partial charge in [0.15, 0.2) is 15.8 Å². The van der Waals surface area contributed by atoms with Gasteiger partial charge in [-0.05, 0) is 26.4 Å². The molecule has 2 unspecified atom stereocenters. The Bertz CT molecular complexity index is 418. The van der Waals surface area contributed by atoms with Gasteiger partial charge in [-0.3, -0.25) is 9.89 Å². The number of sulfone groups is 1. The van der Waals surface area contributed by atoms with Gasteiger partial charge in [-0.25, -0.2) is 8.42 Å². The smallest absolute Gasteiger partial charge is 0.191 e. The molecule has 0 aliphatic carbocycles. The highest BCUT2D eigenvalue weighted by Crippen LogP contribution is 2.10. The highest BCUT2D eigenvalue weighted by Gasteiger charge is 2.28. The monoisotopic (exact) mass is 304 g/mol. The van der Waals surface area contributed by atoms with E-state index in [0.717, 1.165) is 19.6 Å². The second-order valence-electron chi connectivity index (χ2n) is 5.27. The van der Waals surface area contributed by atoms with Gasteiger partial charge < -0.3 is 10.6 Å². The van der Waals surface area contributed by atoms with Gasteiger partial charge in [-0.1, -0.05) is 13.8 Å². The van der Waals surface area contributed by atoms with Gasteiger partial charge in [0.05, 0.1) is 11.5 Å². The molecular formula is C13H28N4O2S. The maximum atomic E-state index is 11.4. The van der Waals surface area contributed by atoms with Gasteiger partial charge in [-0.15, -0.1) is 0 Å². The van der Waals surface area contributed by atoms with Crippen molar-refractivity contribution in [2.75, 3.05) is 38.2 Å². The molecule has 0 amide bonds. The van der Waals surface area contributed by atoms with Crippen LogP contribution in [0, 0.1) is 0 Å². The van der Waals surface area contributed by atoms with Crippen LogP contribution in [0.3, 0.4) is 0 Å². The van der Waals surface area contributed by atoms with E-state index in [0.29, 0.717) is 18.4 Å². The summed E-state index contributed by atoms with van der Waals surface area (Å²) in [4.78, 5) is 6.52. The van der Waals surface area contributed by atoms with E-state index in [2.05, 4.69) is 41.3 Å². The fourth-order valence-electron chi connectivity index (χ4n) is 2.52. The average molecular weight is 304 g/mol. The molecule has 0 saturated carbocycles. The number of hydrogen-bond donors (Lipinski definition) is 2. The third-order valence-electron chi connectivity index (χ3n) is 3.80. The fourth-order valence-corrected chi connectivity index (χ4v) is 4.19. The first-order chi connectivity index (χ1) is 9.41. The Morgan fingerprint density at radius 1 is 1.40 bits per heavy atom. The maximum Gasteiger partial charge on any atom is 0.191 e. The van der Waals surface area contributed by atoms with Crippen molar-refractivity contribution < 1.29 is 8.42 Å². The molecular weight excluding hydrogens is 276 g/mol. The third kappa shape index (κ3) is 5.28. The number of likely N-dealkylation sites (N-methyl/N-ethyl adjacent to an activating group) is 1. The van der Waals surface area contributed by atoms with E-state index in [-0.39, 0.29) is 17.5 Å². The van der Waals surface area contributed by atoms with Crippen molar-refractivity contribution in [2.45, 2.75) is 39.3 Å². The molecule has 0 spiro atoms. The Balaban J connectivity index is 2.41. The van der Waals surface area contributed by atoms with Crippen molar-refractivity contribution >= 4 is 15.8 Å². The van der Waals surface area contributed by atoms with E-state index in [1.165, 1.54) is 0 Å². The predicted molar refractivity (Wildman–Crippen MR) is 83.9 cm³/mol. The molecule has 1 aliphatic heterocycles. The van der Waals surface area contributed by atoms with Crippen LogP contribution in [0.25, 0.3) is 0 Å². The van der Waals surface area contributed by atoms with Crippen molar-refractivity contribution in [1.82, 2.24) is 15.5 Å². The van der Waals surface area contributed by atoms with Gasteiger partial charge in [0.1, 0.15) is 0 Å². The van der Waals surface area contributed by atoms with Crippen molar-refractivity contribution in [3.63, 3.8) is 0 Å². The topological polar surface area (TPSA) is 73.8 Å². The van der Waals surface area contributed by atoms with Gasteiger partial charge in [0.2, 0.25) is 0 Å². The first kappa shape index (κ1) is 17.2. The van der Waals surface area contributed by atoms with E-state index in [1.54, 1.807) is 7.05 Å². The fraction of sp³-hybridized carbons (Fsp3) is 0.923. The predicted octanol–water partition coefficient (Wildman–Crippen LogP) is 0.0688.